The monoisotopic (exact) mass is 212 g/mol. The third-order valence-electron chi connectivity index (χ3n) is 3.49. The lowest BCUT2D eigenvalue weighted by molar-refractivity contribution is -0.125. The SMILES string of the molecule is CC1(C2CCCCC2)NC(=S)NC1=O. The van der Waals surface area contributed by atoms with E-state index in [1.165, 1.54) is 19.3 Å². The van der Waals surface area contributed by atoms with E-state index in [0.29, 0.717) is 11.0 Å². The van der Waals surface area contributed by atoms with Gasteiger partial charge in [0.15, 0.2) is 5.11 Å². The summed E-state index contributed by atoms with van der Waals surface area (Å²) in [6, 6.07) is 0. The van der Waals surface area contributed by atoms with Gasteiger partial charge in [-0.05, 0) is 37.9 Å². The number of carbonyl (C=O) groups is 1. The van der Waals surface area contributed by atoms with Crippen molar-refractivity contribution in [2.75, 3.05) is 0 Å². The number of nitrogens with one attached hydrogen (secondary N) is 2. The highest BCUT2D eigenvalue weighted by molar-refractivity contribution is 7.80. The third kappa shape index (κ3) is 1.52. The van der Waals surface area contributed by atoms with Crippen molar-refractivity contribution in [3.63, 3.8) is 0 Å². The molecule has 2 N–H and O–H groups in total. The molecule has 14 heavy (non-hydrogen) atoms. The van der Waals surface area contributed by atoms with Gasteiger partial charge in [0.2, 0.25) is 0 Å². The molecule has 0 aromatic carbocycles. The van der Waals surface area contributed by atoms with Crippen LogP contribution in [0.3, 0.4) is 0 Å². The average Bonchev–Trinajstić information content (AvgIpc) is 2.43. The fourth-order valence-electron chi connectivity index (χ4n) is 2.52. The number of amides is 1. The molecule has 1 amide bonds. The quantitative estimate of drug-likeness (QED) is 0.644. The Kier molecular flexibility index (Phi) is 2.47. The normalized spacial score (nSPS) is 34.1. The highest BCUT2D eigenvalue weighted by Gasteiger charge is 2.46. The van der Waals surface area contributed by atoms with Gasteiger partial charge in [0.25, 0.3) is 5.91 Å². The second-order valence-electron chi connectivity index (χ2n) is 4.45. The second kappa shape index (κ2) is 3.50. The van der Waals surface area contributed by atoms with Crippen molar-refractivity contribution in [2.45, 2.75) is 44.6 Å². The molecule has 1 saturated carbocycles. The van der Waals surface area contributed by atoms with Crippen LogP contribution in [0, 0.1) is 5.92 Å². The summed E-state index contributed by atoms with van der Waals surface area (Å²) in [6.07, 6.45) is 6.06. The Balaban J connectivity index is 2.14. The zero-order chi connectivity index (χ0) is 10.2. The Morgan fingerprint density at radius 2 is 2.00 bits per heavy atom. The van der Waals surface area contributed by atoms with Crippen LogP contribution in [0.2, 0.25) is 0 Å². The van der Waals surface area contributed by atoms with Gasteiger partial charge in [0.1, 0.15) is 5.54 Å². The second-order valence-corrected chi connectivity index (χ2v) is 4.85. The summed E-state index contributed by atoms with van der Waals surface area (Å²) < 4.78 is 0. The van der Waals surface area contributed by atoms with E-state index >= 15 is 0 Å². The molecule has 2 rings (SSSR count). The van der Waals surface area contributed by atoms with E-state index in [1.807, 2.05) is 6.92 Å². The first kappa shape index (κ1) is 9.90. The van der Waals surface area contributed by atoms with E-state index in [1.54, 1.807) is 0 Å². The molecule has 1 saturated heterocycles. The smallest absolute Gasteiger partial charge is 0.251 e. The van der Waals surface area contributed by atoms with Crippen molar-refractivity contribution in [1.82, 2.24) is 10.6 Å². The van der Waals surface area contributed by atoms with E-state index in [0.717, 1.165) is 12.8 Å². The summed E-state index contributed by atoms with van der Waals surface area (Å²) in [7, 11) is 0. The first-order valence-corrected chi connectivity index (χ1v) is 5.67. The molecule has 2 fully saturated rings. The molecule has 0 aromatic rings. The van der Waals surface area contributed by atoms with Crippen molar-refractivity contribution in [3.05, 3.63) is 0 Å². The van der Waals surface area contributed by atoms with E-state index in [2.05, 4.69) is 10.6 Å². The predicted molar refractivity (Wildman–Crippen MR) is 58.9 cm³/mol. The molecule has 78 valence electrons. The van der Waals surface area contributed by atoms with Crippen molar-refractivity contribution in [2.24, 2.45) is 5.92 Å². The highest BCUT2D eigenvalue weighted by Crippen LogP contribution is 2.34. The minimum atomic E-state index is -0.447. The van der Waals surface area contributed by atoms with Crippen molar-refractivity contribution < 1.29 is 4.79 Å². The van der Waals surface area contributed by atoms with E-state index in [-0.39, 0.29) is 5.91 Å². The van der Waals surface area contributed by atoms with Crippen LogP contribution in [0.5, 0.6) is 0 Å². The summed E-state index contributed by atoms with van der Waals surface area (Å²) in [5.41, 5.74) is -0.447. The molecule has 1 aliphatic carbocycles. The Hall–Kier alpha value is -0.640. The Labute approximate surface area is 89.6 Å². The van der Waals surface area contributed by atoms with Gasteiger partial charge in [-0.2, -0.15) is 0 Å². The molecule has 4 heteroatoms. The van der Waals surface area contributed by atoms with Crippen molar-refractivity contribution in [1.29, 1.82) is 0 Å². The molecule has 0 spiro atoms. The van der Waals surface area contributed by atoms with Crippen molar-refractivity contribution in [3.8, 4) is 0 Å². The van der Waals surface area contributed by atoms with Gasteiger partial charge < -0.3 is 10.6 Å². The molecule has 1 atom stereocenters. The van der Waals surface area contributed by atoms with Gasteiger partial charge in [0.05, 0.1) is 0 Å². The lowest BCUT2D eigenvalue weighted by Gasteiger charge is -2.34. The number of carbonyl (C=O) groups excluding carboxylic acids is 1. The number of rotatable bonds is 1. The van der Waals surface area contributed by atoms with E-state index < -0.39 is 5.54 Å². The number of hydrogen-bond donors (Lipinski definition) is 2. The maximum absolute atomic E-state index is 11.7. The van der Waals surface area contributed by atoms with Crippen LogP contribution in [0.1, 0.15) is 39.0 Å². The van der Waals surface area contributed by atoms with E-state index in [9.17, 15) is 4.79 Å². The summed E-state index contributed by atoms with van der Waals surface area (Å²) >= 11 is 4.97. The highest BCUT2D eigenvalue weighted by atomic mass is 32.1. The standard InChI is InChI=1S/C10H16N2OS/c1-10(7-5-3-2-4-6-7)8(13)11-9(14)12-10/h7H,2-6H2,1H3,(H2,11,12,13,14). The molecular formula is C10H16N2OS. The van der Waals surface area contributed by atoms with Crippen LogP contribution in [0.4, 0.5) is 0 Å². The van der Waals surface area contributed by atoms with Crippen LogP contribution in [0.25, 0.3) is 0 Å². The minimum absolute atomic E-state index is 0.0504. The van der Waals surface area contributed by atoms with Gasteiger partial charge in [-0.25, -0.2) is 0 Å². The average molecular weight is 212 g/mol. The molecular weight excluding hydrogens is 196 g/mol. The number of hydrogen-bond acceptors (Lipinski definition) is 2. The zero-order valence-electron chi connectivity index (χ0n) is 8.43. The molecule has 1 aliphatic heterocycles. The topological polar surface area (TPSA) is 41.1 Å². The van der Waals surface area contributed by atoms with Gasteiger partial charge >= 0.3 is 0 Å². The van der Waals surface area contributed by atoms with Crippen LogP contribution in [0.15, 0.2) is 0 Å². The fourth-order valence-corrected chi connectivity index (χ4v) is 2.83. The molecule has 2 aliphatic rings. The Morgan fingerprint density at radius 3 is 2.50 bits per heavy atom. The Bertz CT molecular complexity index is 273. The maximum Gasteiger partial charge on any atom is 0.251 e. The van der Waals surface area contributed by atoms with Crippen LogP contribution < -0.4 is 10.6 Å². The Morgan fingerprint density at radius 1 is 1.36 bits per heavy atom. The molecule has 0 radical (unpaired) electrons. The van der Waals surface area contributed by atoms with Crippen LogP contribution >= 0.6 is 12.2 Å². The first-order valence-electron chi connectivity index (χ1n) is 5.26. The predicted octanol–water partition coefficient (Wildman–Crippen LogP) is 1.33. The summed E-state index contributed by atoms with van der Waals surface area (Å²) in [6.45, 7) is 1.97. The van der Waals surface area contributed by atoms with Gasteiger partial charge in [-0.1, -0.05) is 19.3 Å². The zero-order valence-corrected chi connectivity index (χ0v) is 9.25. The van der Waals surface area contributed by atoms with Gasteiger partial charge in [0, 0.05) is 0 Å². The van der Waals surface area contributed by atoms with Gasteiger partial charge in [-0.15, -0.1) is 0 Å². The lowest BCUT2D eigenvalue weighted by Crippen LogP contribution is -2.50. The van der Waals surface area contributed by atoms with E-state index in [4.69, 9.17) is 12.2 Å². The minimum Gasteiger partial charge on any atom is -0.348 e. The summed E-state index contributed by atoms with van der Waals surface area (Å²) in [4.78, 5) is 11.7. The summed E-state index contributed by atoms with van der Waals surface area (Å²) in [5.74, 6) is 0.492. The largest absolute Gasteiger partial charge is 0.348 e. The first-order chi connectivity index (χ1) is 6.63. The molecule has 3 nitrogen and oxygen atoms in total. The summed E-state index contributed by atoms with van der Waals surface area (Å²) in [5, 5.41) is 6.30. The molecule has 1 unspecified atom stereocenters. The molecule has 0 aromatic heterocycles. The van der Waals surface area contributed by atoms with Gasteiger partial charge in [-0.3, -0.25) is 4.79 Å². The fraction of sp³-hybridized carbons (Fsp3) is 0.800. The van der Waals surface area contributed by atoms with Crippen LogP contribution in [-0.2, 0) is 4.79 Å². The van der Waals surface area contributed by atoms with Crippen molar-refractivity contribution >= 4 is 23.2 Å². The molecule has 1 heterocycles. The third-order valence-corrected chi connectivity index (χ3v) is 3.70. The lowest BCUT2D eigenvalue weighted by atomic mass is 9.76. The number of thiocarbonyl (C=S) groups is 1. The van der Waals surface area contributed by atoms with Crippen LogP contribution in [-0.4, -0.2) is 16.6 Å². The maximum atomic E-state index is 11.7. The molecule has 0 bridgehead atoms.